The summed E-state index contributed by atoms with van der Waals surface area (Å²) in [4.78, 5) is 37.1. The number of methoxy groups -OCH3 is 1. The maximum Gasteiger partial charge on any atom is 0.293 e. The van der Waals surface area contributed by atoms with Crippen molar-refractivity contribution >= 4 is 73.8 Å². The molecule has 1 heterocycles. The highest BCUT2D eigenvalue weighted by molar-refractivity contribution is 9.10. The van der Waals surface area contributed by atoms with Crippen LogP contribution in [0.25, 0.3) is 6.08 Å². The molecule has 1 fully saturated rings. The second kappa shape index (κ2) is 11.6. The number of rotatable bonds is 8. The molecule has 0 aliphatic carbocycles. The van der Waals surface area contributed by atoms with Crippen LogP contribution >= 0.6 is 50.9 Å². The Hall–Kier alpha value is -3.05. The van der Waals surface area contributed by atoms with Crippen molar-refractivity contribution in [2.24, 2.45) is 0 Å². The molecule has 1 saturated heterocycles. The molecule has 0 radical (unpaired) electrons. The van der Waals surface area contributed by atoms with Crippen LogP contribution in [0.2, 0.25) is 10.0 Å². The van der Waals surface area contributed by atoms with Crippen molar-refractivity contribution in [1.82, 2.24) is 4.90 Å². The zero-order valence-electron chi connectivity index (χ0n) is 19.1. The van der Waals surface area contributed by atoms with Gasteiger partial charge in [0.05, 0.1) is 28.0 Å². The summed E-state index contributed by atoms with van der Waals surface area (Å²) in [6.45, 7) is 0.179. The van der Waals surface area contributed by atoms with Crippen LogP contribution in [-0.4, -0.2) is 28.1 Å². The highest BCUT2D eigenvalue weighted by Gasteiger charge is 2.35. The van der Waals surface area contributed by atoms with Gasteiger partial charge in [-0.15, -0.1) is 0 Å². The van der Waals surface area contributed by atoms with Gasteiger partial charge in [0.1, 0.15) is 6.61 Å². The Morgan fingerprint density at radius 2 is 1.84 bits per heavy atom. The first-order valence-electron chi connectivity index (χ1n) is 10.6. The van der Waals surface area contributed by atoms with Gasteiger partial charge >= 0.3 is 0 Å². The molecule has 0 atom stereocenters. The van der Waals surface area contributed by atoms with Crippen molar-refractivity contribution in [3.05, 3.63) is 101 Å². The number of benzene rings is 3. The van der Waals surface area contributed by atoms with Crippen LogP contribution in [0.1, 0.15) is 16.7 Å². The number of nitro benzene ring substituents is 1. The van der Waals surface area contributed by atoms with Crippen LogP contribution in [-0.2, 0) is 17.9 Å². The smallest absolute Gasteiger partial charge is 0.293 e. The summed E-state index contributed by atoms with van der Waals surface area (Å²) in [5, 5.41) is 11.4. The Kier molecular flexibility index (Phi) is 8.43. The molecule has 0 bridgehead atoms. The van der Waals surface area contributed by atoms with Crippen molar-refractivity contribution in [2.45, 2.75) is 13.2 Å². The van der Waals surface area contributed by atoms with Gasteiger partial charge in [0.2, 0.25) is 0 Å². The summed E-state index contributed by atoms with van der Waals surface area (Å²) in [7, 11) is 1.49. The lowest BCUT2D eigenvalue weighted by molar-refractivity contribution is -0.384. The van der Waals surface area contributed by atoms with Crippen molar-refractivity contribution in [1.29, 1.82) is 0 Å². The number of hydrogen-bond acceptors (Lipinski definition) is 7. The number of halogens is 3. The molecule has 37 heavy (non-hydrogen) atoms. The number of amides is 2. The Morgan fingerprint density at radius 1 is 1.11 bits per heavy atom. The summed E-state index contributed by atoms with van der Waals surface area (Å²) in [6, 6.07) is 14.2. The summed E-state index contributed by atoms with van der Waals surface area (Å²) < 4.78 is 12.0. The van der Waals surface area contributed by atoms with E-state index in [4.69, 9.17) is 32.7 Å². The topological polar surface area (TPSA) is 99.0 Å². The van der Waals surface area contributed by atoms with E-state index in [0.717, 1.165) is 22.2 Å². The molecule has 12 heteroatoms. The minimum atomic E-state index is -0.512. The minimum absolute atomic E-state index is 0.00700. The predicted octanol–water partition coefficient (Wildman–Crippen LogP) is 7.49. The first-order chi connectivity index (χ1) is 17.7. The average molecular weight is 624 g/mol. The number of carbonyl (C=O) groups excluding carboxylic acids is 2. The highest BCUT2D eigenvalue weighted by Crippen LogP contribution is 2.40. The number of ether oxygens (including phenoxy) is 2. The first-order valence-corrected chi connectivity index (χ1v) is 13.0. The largest absolute Gasteiger partial charge is 0.493 e. The van der Waals surface area contributed by atoms with E-state index in [-0.39, 0.29) is 23.7 Å². The SMILES string of the molecule is COc1cc(/C=C2\SC(=O)N(Cc3ccc([N+](=O)[O-])cc3)C2=O)cc(Br)c1OCc1ccc(Cl)cc1Cl. The molecule has 3 aromatic rings. The number of carbonyl (C=O) groups is 2. The number of nitro groups is 1. The lowest BCUT2D eigenvalue weighted by atomic mass is 10.1. The Morgan fingerprint density at radius 3 is 2.49 bits per heavy atom. The molecular weight excluding hydrogens is 607 g/mol. The lowest BCUT2D eigenvalue weighted by Crippen LogP contribution is -2.27. The van der Waals surface area contributed by atoms with E-state index in [0.29, 0.717) is 37.1 Å². The second-order valence-corrected chi connectivity index (χ2v) is 10.4. The van der Waals surface area contributed by atoms with E-state index < -0.39 is 16.1 Å². The van der Waals surface area contributed by atoms with Crippen molar-refractivity contribution in [3.63, 3.8) is 0 Å². The van der Waals surface area contributed by atoms with E-state index in [1.807, 2.05) is 0 Å². The first kappa shape index (κ1) is 27.0. The van der Waals surface area contributed by atoms with Crippen molar-refractivity contribution < 1.29 is 24.0 Å². The van der Waals surface area contributed by atoms with Gasteiger partial charge in [-0.2, -0.15) is 0 Å². The third-order valence-electron chi connectivity index (χ3n) is 5.30. The zero-order valence-corrected chi connectivity index (χ0v) is 23.0. The van der Waals surface area contributed by atoms with E-state index >= 15 is 0 Å². The molecule has 0 aromatic heterocycles. The molecule has 3 aromatic carbocycles. The van der Waals surface area contributed by atoms with Crippen molar-refractivity contribution in [2.75, 3.05) is 7.11 Å². The molecule has 2 amide bonds. The van der Waals surface area contributed by atoms with Crippen LogP contribution in [0.4, 0.5) is 10.5 Å². The molecule has 1 aliphatic heterocycles. The molecule has 8 nitrogen and oxygen atoms in total. The molecule has 0 spiro atoms. The van der Waals surface area contributed by atoms with Gasteiger partial charge in [0.15, 0.2) is 11.5 Å². The van der Waals surface area contributed by atoms with Crippen LogP contribution in [0.5, 0.6) is 11.5 Å². The van der Waals surface area contributed by atoms with Crippen LogP contribution < -0.4 is 9.47 Å². The van der Waals surface area contributed by atoms with Crippen molar-refractivity contribution in [3.8, 4) is 11.5 Å². The fourth-order valence-electron chi connectivity index (χ4n) is 3.45. The predicted molar refractivity (Wildman–Crippen MR) is 146 cm³/mol. The summed E-state index contributed by atoms with van der Waals surface area (Å²) in [5.74, 6) is 0.397. The quantitative estimate of drug-likeness (QED) is 0.146. The van der Waals surface area contributed by atoms with Gasteiger partial charge in [0, 0.05) is 27.7 Å². The normalized spacial score (nSPS) is 14.4. The Bertz CT molecular complexity index is 1430. The maximum atomic E-state index is 12.9. The van der Waals surface area contributed by atoms with E-state index in [9.17, 15) is 19.7 Å². The Balaban J connectivity index is 1.51. The van der Waals surface area contributed by atoms with Gasteiger partial charge in [0.25, 0.3) is 16.8 Å². The highest BCUT2D eigenvalue weighted by atomic mass is 79.9. The maximum absolute atomic E-state index is 12.9. The number of hydrogen-bond donors (Lipinski definition) is 0. The summed E-state index contributed by atoms with van der Waals surface area (Å²) in [6.07, 6.45) is 1.59. The number of nitrogens with zero attached hydrogens (tertiary/aromatic N) is 2. The third-order valence-corrected chi connectivity index (χ3v) is 7.38. The summed E-state index contributed by atoms with van der Waals surface area (Å²) >= 11 is 16.5. The molecular formula is C25H17BrCl2N2O6S. The molecule has 190 valence electrons. The molecule has 4 rings (SSSR count). The van der Waals surface area contributed by atoms with Crippen LogP contribution in [0, 0.1) is 10.1 Å². The zero-order chi connectivity index (χ0) is 26.7. The van der Waals surface area contributed by atoms with E-state index in [1.165, 1.54) is 31.4 Å². The van der Waals surface area contributed by atoms with Gasteiger partial charge < -0.3 is 9.47 Å². The van der Waals surface area contributed by atoms with Gasteiger partial charge in [-0.25, -0.2) is 0 Å². The van der Waals surface area contributed by atoms with Gasteiger partial charge in [-0.3, -0.25) is 24.6 Å². The number of thioether (sulfide) groups is 1. The standard InChI is InChI=1S/C25H17BrCl2N2O6S/c1-35-21-9-15(8-19(26)23(21)36-13-16-4-5-17(27)11-20(16)28)10-22-24(31)29(25(32)37-22)12-14-2-6-18(7-3-14)30(33)34/h2-11H,12-13H2,1H3/b22-10-. The van der Waals surface area contributed by atoms with Gasteiger partial charge in [-0.05, 0) is 69.2 Å². The van der Waals surface area contributed by atoms with E-state index in [2.05, 4.69) is 15.9 Å². The number of non-ortho nitro benzene ring substituents is 1. The van der Waals surface area contributed by atoms with Crippen LogP contribution in [0.15, 0.2) is 64.0 Å². The van der Waals surface area contributed by atoms with Gasteiger partial charge in [-0.1, -0.05) is 41.4 Å². The average Bonchev–Trinajstić information content (AvgIpc) is 3.11. The van der Waals surface area contributed by atoms with Crippen LogP contribution in [0.3, 0.4) is 0 Å². The molecule has 0 N–H and O–H groups in total. The number of imide groups is 1. The second-order valence-electron chi connectivity index (χ2n) is 7.75. The lowest BCUT2D eigenvalue weighted by Gasteiger charge is -2.14. The molecule has 1 aliphatic rings. The molecule has 0 unspecified atom stereocenters. The summed E-state index contributed by atoms with van der Waals surface area (Å²) in [5.41, 5.74) is 1.88. The monoisotopic (exact) mass is 622 g/mol. The fourth-order valence-corrected chi connectivity index (χ4v) is 5.32. The fraction of sp³-hybridized carbons (Fsp3) is 0.120. The Labute approximate surface area is 234 Å². The van der Waals surface area contributed by atoms with E-state index in [1.54, 1.807) is 36.4 Å². The third kappa shape index (κ3) is 6.27. The molecule has 0 saturated carbocycles. The minimum Gasteiger partial charge on any atom is -0.493 e.